The number of aromatic amines is 1. The number of H-pyrrole nitrogens is 1. The van der Waals surface area contributed by atoms with Crippen LogP contribution in [0.5, 0.6) is 0 Å². The van der Waals surface area contributed by atoms with Crippen molar-refractivity contribution >= 4 is 7.81 Å². The van der Waals surface area contributed by atoms with Crippen LogP contribution in [0, 0.1) is 0 Å². The van der Waals surface area contributed by atoms with Gasteiger partial charge < -0.3 is 4.98 Å². The molecule has 4 aromatic rings. The molecule has 0 atom stereocenters. The van der Waals surface area contributed by atoms with Gasteiger partial charge in [-0.05, 0) is 29.7 Å². The van der Waals surface area contributed by atoms with E-state index >= 15 is 0 Å². The number of nitrogens with zero attached hydrogens (tertiary/aromatic N) is 2. The molecule has 0 bridgehead atoms. The average Bonchev–Trinajstić information content (AvgIpc) is 3.34. The molecule has 0 aliphatic carbocycles. The number of hydrogen-bond acceptors (Lipinski definition) is 1. The van der Waals surface area contributed by atoms with Crippen molar-refractivity contribution in [2.75, 3.05) is 0 Å². The summed E-state index contributed by atoms with van der Waals surface area (Å²) in [6.45, 7) is 3.19. The third-order valence-electron chi connectivity index (χ3n) is 5.37. The summed E-state index contributed by atoms with van der Waals surface area (Å²) in [5.74, 6) is 0. The molecule has 36 heavy (non-hydrogen) atoms. The number of unbranched alkanes of at least 4 members (excludes halogenated alkanes) is 1. The van der Waals surface area contributed by atoms with Crippen LogP contribution in [-0.2, 0) is 19.4 Å². The average molecular weight is 527 g/mol. The van der Waals surface area contributed by atoms with Crippen LogP contribution in [0.15, 0.2) is 85.3 Å². The van der Waals surface area contributed by atoms with Gasteiger partial charge in [-0.15, -0.1) is 0 Å². The maximum absolute atomic E-state index is 10.7. The van der Waals surface area contributed by atoms with Crippen LogP contribution in [0.4, 0.5) is 25.2 Å². The summed E-state index contributed by atoms with van der Waals surface area (Å²) in [7, 11) is -10.7. The molecule has 0 saturated carbocycles. The Morgan fingerprint density at radius 2 is 1.36 bits per heavy atom. The fourth-order valence-corrected chi connectivity index (χ4v) is 3.81. The van der Waals surface area contributed by atoms with Crippen molar-refractivity contribution in [3.05, 3.63) is 96.7 Å². The summed E-state index contributed by atoms with van der Waals surface area (Å²) < 4.78 is 61.7. The zero-order valence-corrected chi connectivity index (χ0v) is 20.6. The molecule has 0 aliphatic rings. The van der Waals surface area contributed by atoms with Gasteiger partial charge in [-0.25, -0.2) is 4.98 Å². The topological polar surface area (TPSA) is 32.6 Å². The Labute approximate surface area is 206 Å². The number of hydrogen-bond donors (Lipinski definition) is 1. The molecule has 3 nitrogen and oxygen atoms in total. The Balaban J connectivity index is 0.000000454. The van der Waals surface area contributed by atoms with Crippen molar-refractivity contribution in [1.29, 1.82) is 0 Å². The van der Waals surface area contributed by atoms with Gasteiger partial charge in [0.1, 0.15) is 0 Å². The van der Waals surface area contributed by atoms with E-state index in [1.165, 1.54) is 46.6 Å². The monoisotopic (exact) mass is 527 g/mol. The number of halogens is 6. The molecule has 194 valence electrons. The zero-order valence-electron chi connectivity index (χ0n) is 19.7. The first-order valence-electron chi connectivity index (χ1n) is 11.5. The standard InChI is InChI=1S/C26H28N3.F6P/c1-2-3-14-25-17-23(21-10-6-4-7-11-21)18-26(22-12-8-5-9-13-22)29(25)16-15-24-19-27-20-28-24;1-7(2,3,4,5)6/h4-13,17-20H,2-3,14-16H2,1H3,(H,27,28);/q+1;-1. The van der Waals surface area contributed by atoms with E-state index in [0.717, 1.165) is 19.4 Å². The zero-order chi connectivity index (χ0) is 26.3. The molecule has 2 heterocycles. The van der Waals surface area contributed by atoms with Crippen molar-refractivity contribution in [2.24, 2.45) is 0 Å². The van der Waals surface area contributed by atoms with Crippen LogP contribution in [0.3, 0.4) is 0 Å². The Bertz CT molecular complexity index is 1230. The van der Waals surface area contributed by atoms with Gasteiger partial charge in [0.05, 0.1) is 6.33 Å². The van der Waals surface area contributed by atoms with E-state index in [1.807, 2.05) is 6.20 Å². The molecule has 2 aromatic carbocycles. The molecule has 4 rings (SSSR count). The Hall–Kier alpha value is -3.19. The van der Waals surface area contributed by atoms with Gasteiger partial charge in [-0.1, -0.05) is 61.9 Å². The molecule has 0 saturated heterocycles. The van der Waals surface area contributed by atoms with Gasteiger partial charge in [0.2, 0.25) is 5.69 Å². The maximum atomic E-state index is 9.87. The van der Waals surface area contributed by atoms with Crippen LogP contribution in [-0.4, -0.2) is 9.97 Å². The molecule has 10 heteroatoms. The molecule has 0 spiro atoms. The molecule has 0 unspecified atom stereocenters. The first-order valence-corrected chi connectivity index (χ1v) is 13.5. The summed E-state index contributed by atoms with van der Waals surface area (Å²) in [6.07, 6.45) is 8.09. The predicted molar refractivity (Wildman–Crippen MR) is 132 cm³/mol. The fourth-order valence-electron chi connectivity index (χ4n) is 3.81. The quantitative estimate of drug-likeness (QED) is 0.138. The van der Waals surface area contributed by atoms with E-state index in [-0.39, 0.29) is 0 Å². The van der Waals surface area contributed by atoms with Gasteiger partial charge >= 0.3 is 33.0 Å². The molecular weight excluding hydrogens is 499 g/mol. The first-order chi connectivity index (χ1) is 16.8. The number of aryl methyl sites for hydroxylation is 2. The number of nitrogens with one attached hydrogen (secondary N) is 1. The van der Waals surface area contributed by atoms with Crippen molar-refractivity contribution in [2.45, 2.75) is 39.2 Å². The van der Waals surface area contributed by atoms with Gasteiger partial charge in [-0.2, -0.15) is 4.57 Å². The molecule has 0 amide bonds. The van der Waals surface area contributed by atoms with Gasteiger partial charge in [0.25, 0.3) is 0 Å². The molecular formula is C26H28F6N3P. The minimum atomic E-state index is -10.7. The molecule has 2 aromatic heterocycles. The van der Waals surface area contributed by atoms with E-state index in [9.17, 15) is 25.2 Å². The second-order valence-corrected chi connectivity index (χ2v) is 10.3. The van der Waals surface area contributed by atoms with Crippen LogP contribution in [0.25, 0.3) is 22.4 Å². The van der Waals surface area contributed by atoms with Crippen LogP contribution >= 0.6 is 7.81 Å². The van der Waals surface area contributed by atoms with E-state index in [1.54, 1.807) is 6.33 Å². The second kappa shape index (κ2) is 10.4. The number of imidazole rings is 1. The van der Waals surface area contributed by atoms with Gasteiger partial charge in [-0.3, -0.25) is 0 Å². The molecule has 1 N–H and O–H groups in total. The molecule has 0 radical (unpaired) electrons. The molecule has 0 aliphatic heterocycles. The number of benzene rings is 2. The number of rotatable bonds is 8. The number of pyridine rings is 1. The number of aromatic nitrogens is 3. The third kappa shape index (κ3) is 9.82. The third-order valence-corrected chi connectivity index (χ3v) is 5.37. The summed E-state index contributed by atoms with van der Waals surface area (Å²) in [5.41, 5.74) is 7.65. The summed E-state index contributed by atoms with van der Waals surface area (Å²) in [4.78, 5) is 7.42. The first kappa shape index (κ1) is 27.4. The van der Waals surface area contributed by atoms with E-state index < -0.39 is 7.81 Å². The van der Waals surface area contributed by atoms with Crippen molar-refractivity contribution in [1.82, 2.24) is 9.97 Å². The van der Waals surface area contributed by atoms with Crippen LogP contribution in [0.1, 0.15) is 31.2 Å². The van der Waals surface area contributed by atoms with E-state index in [0.29, 0.717) is 0 Å². The summed E-state index contributed by atoms with van der Waals surface area (Å²) >= 11 is 0. The SMILES string of the molecule is CCCCc1cc(-c2ccccc2)cc(-c2ccccc2)[n+]1CCc1cnc[nH]1.F[P-](F)(F)(F)(F)F. The van der Waals surface area contributed by atoms with Gasteiger partial charge in [0.15, 0.2) is 12.2 Å². The van der Waals surface area contributed by atoms with Gasteiger partial charge in [0, 0.05) is 42.4 Å². The van der Waals surface area contributed by atoms with Crippen LogP contribution < -0.4 is 4.57 Å². The Morgan fingerprint density at radius 1 is 0.778 bits per heavy atom. The fraction of sp³-hybridized carbons (Fsp3) is 0.231. The Morgan fingerprint density at radius 3 is 1.89 bits per heavy atom. The Kier molecular flexibility index (Phi) is 7.94. The van der Waals surface area contributed by atoms with Crippen molar-refractivity contribution < 1.29 is 29.7 Å². The van der Waals surface area contributed by atoms with Crippen LogP contribution in [0.2, 0.25) is 0 Å². The van der Waals surface area contributed by atoms with Crippen molar-refractivity contribution in [3.8, 4) is 22.4 Å². The second-order valence-electron chi connectivity index (χ2n) is 8.39. The minimum absolute atomic E-state index is 0.931. The van der Waals surface area contributed by atoms with Crippen molar-refractivity contribution in [3.63, 3.8) is 0 Å². The summed E-state index contributed by atoms with van der Waals surface area (Å²) in [6, 6.07) is 26.2. The molecule has 0 fully saturated rings. The van der Waals surface area contributed by atoms with E-state index in [4.69, 9.17) is 0 Å². The summed E-state index contributed by atoms with van der Waals surface area (Å²) in [5, 5.41) is 0. The predicted octanol–water partition coefficient (Wildman–Crippen LogP) is 9.00. The normalized spacial score (nSPS) is 13.3. The van der Waals surface area contributed by atoms with E-state index in [2.05, 4.69) is 94.3 Å².